The lowest BCUT2D eigenvalue weighted by atomic mass is 10.2. The maximum Gasteiger partial charge on any atom is 0.166 e. The van der Waals surface area contributed by atoms with E-state index in [2.05, 4.69) is 10.3 Å². The molecule has 19 heavy (non-hydrogen) atoms. The molecule has 1 unspecified atom stereocenters. The summed E-state index contributed by atoms with van der Waals surface area (Å²) in [6, 6.07) is 7.36. The SMILES string of the molecule is OCC(O)CNc1ccc(-n2cnc(Cl)c2Cl)cc1. The van der Waals surface area contributed by atoms with Crippen LogP contribution in [0.25, 0.3) is 5.69 Å². The zero-order valence-corrected chi connectivity index (χ0v) is 11.4. The van der Waals surface area contributed by atoms with Crippen molar-refractivity contribution < 1.29 is 10.2 Å². The molecule has 0 radical (unpaired) electrons. The summed E-state index contributed by atoms with van der Waals surface area (Å²) in [5.74, 6) is 0. The van der Waals surface area contributed by atoms with Crippen LogP contribution in [-0.2, 0) is 0 Å². The first-order valence-electron chi connectivity index (χ1n) is 5.63. The molecule has 2 rings (SSSR count). The van der Waals surface area contributed by atoms with Gasteiger partial charge < -0.3 is 15.5 Å². The number of hydrogen-bond acceptors (Lipinski definition) is 4. The summed E-state index contributed by atoms with van der Waals surface area (Å²) in [6.07, 6.45) is 0.768. The van der Waals surface area contributed by atoms with E-state index in [4.69, 9.17) is 28.3 Å². The summed E-state index contributed by atoms with van der Waals surface area (Å²) in [4.78, 5) is 3.91. The molecule has 3 N–H and O–H groups in total. The maximum absolute atomic E-state index is 9.23. The van der Waals surface area contributed by atoms with Gasteiger partial charge in [0.25, 0.3) is 0 Å². The first-order valence-corrected chi connectivity index (χ1v) is 6.39. The zero-order chi connectivity index (χ0) is 13.8. The van der Waals surface area contributed by atoms with Crippen molar-refractivity contribution in [1.82, 2.24) is 9.55 Å². The van der Waals surface area contributed by atoms with Crippen molar-refractivity contribution in [3.63, 3.8) is 0 Å². The van der Waals surface area contributed by atoms with E-state index in [1.54, 1.807) is 10.9 Å². The number of halogens is 2. The molecule has 102 valence electrons. The summed E-state index contributed by atoms with van der Waals surface area (Å²) < 4.78 is 1.66. The Bertz CT molecular complexity index is 542. The number of aromatic nitrogens is 2. The van der Waals surface area contributed by atoms with Gasteiger partial charge in [-0.1, -0.05) is 23.2 Å². The second-order valence-electron chi connectivity index (χ2n) is 3.96. The van der Waals surface area contributed by atoms with Gasteiger partial charge in [0.2, 0.25) is 0 Å². The van der Waals surface area contributed by atoms with Crippen molar-refractivity contribution in [2.45, 2.75) is 6.10 Å². The molecule has 0 bridgehead atoms. The third kappa shape index (κ3) is 3.39. The Kier molecular flexibility index (Phi) is 4.66. The third-order valence-corrected chi connectivity index (χ3v) is 3.30. The first kappa shape index (κ1) is 14.1. The second kappa shape index (κ2) is 6.25. The molecular weight excluding hydrogens is 289 g/mol. The molecule has 0 spiro atoms. The Morgan fingerprint density at radius 2 is 1.95 bits per heavy atom. The molecule has 0 amide bonds. The fourth-order valence-corrected chi connectivity index (χ4v) is 1.86. The number of nitrogens with zero attached hydrogens (tertiary/aromatic N) is 2. The maximum atomic E-state index is 9.23. The summed E-state index contributed by atoms with van der Waals surface area (Å²) in [5.41, 5.74) is 1.66. The van der Waals surface area contributed by atoms with E-state index < -0.39 is 6.10 Å². The zero-order valence-electron chi connectivity index (χ0n) is 9.92. The molecule has 1 aromatic carbocycles. The molecular formula is C12H13Cl2N3O2. The summed E-state index contributed by atoms with van der Waals surface area (Å²) in [5, 5.41) is 21.6. The predicted octanol–water partition coefficient (Wildman–Crippen LogP) is 1.94. The topological polar surface area (TPSA) is 70.3 Å². The van der Waals surface area contributed by atoms with Gasteiger partial charge in [-0.15, -0.1) is 0 Å². The van der Waals surface area contributed by atoms with Gasteiger partial charge in [-0.05, 0) is 24.3 Å². The van der Waals surface area contributed by atoms with Gasteiger partial charge in [0.1, 0.15) is 6.33 Å². The summed E-state index contributed by atoms with van der Waals surface area (Å²) >= 11 is 11.8. The minimum absolute atomic E-state index is 0.259. The molecule has 7 heteroatoms. The van der Waals surface area contributed by atoms with Gasteiger partial charge in [-0.25, -0.2) is 4.98 Å². The quantitative estimate of drug-likeness (QED) is 0.789. The van der Waals surface area contributed by atoms with E-state index in [1.807, 2.05) is 24.3 Å². The van der Waals surface area contributed by atoms with E-state index in [0.717, 1.165) is 11.4 Å². The second-order valence-corrected chi connectivity index (χ2v) is 4.68. The number of nitrogens with one attached hydrogen (secondary N) is 1. The number of anilines is 1. The van der Waals surface area contributed by atoms with Crippen LogP contribution in [0.2, 0.25) is 10.3 Å². The van der Waals surface area contributed by atoms with Crippen LogP contribution in [0, 0.1) is 0 Å². The van der Waals surface area contributed by atoms with Crippen LogP contribution < -0.4 is 5.32 Å². The van der Waals surface area contributed by atoms with Gasteiger partial charge in [0, 0.05) is 17.9 Å². The van der Waals surface area contributed by atoms with Gasteiger partial charge in [-0.3, -0.25) is 4.57 Å². The number of imidazole rings is 1. The van der Waals surface area contributed by atoms with E-state index in [9.17, 15) is 5.11 Å². The molecule has 5 nitrogen and oxygen atoms in total. The molecule has 0 aliphatic carbocycles. The van der Waals surface area contributed by atoms with E-state index in [0.29, 0.717) is 5.15 Å². The Morgan fingerprint density at radius 1 is 1.26 bits per heavy atom. The third-order valence-electron chi connectivity index (χ3n) is 2.57. The smallest absolute Gasteiger partial charge is 0.166 e. The molecule has 1 atom stereocenters. The lowest BCUT2D eigenvalue weighted by molar-refractivity contribution is 0.105. The van der Waals surface area contributed by atoms with Crippen molar-refractivity contribution in [1.29, 1.82) is 0 Å². The van der Waals surface area contributed by atoms with Crippen LogP contribution in [0.3, 0.4) is 0 Å². The standard InChI is InChI=1S/C12H13Cl2N3O2/c13-11-12(14)17(7-16-11)9-3-1-8(2-4-9)15-5-10(19)6-18/h1-4,7,10,15,18-19H,5-6H2. The minimum Gasteiger partial charge on any atom is -0.394 e. The van der Waals surface area contributed by atoms with Crippen LogP contribution in [0.5, 0.6) is 0 Å². The molecule has 0 fully saturated rings. The van der Waals surface area contributed by atoms with Gasteiger partial charge in [0.05, 0.1) is 12.7 Å². The highest BCUT2D eigenvalue weighted by Crippen LogP contribution is 2.24. The van der Waals surface area contributed by atoms with Crippen LogP contribution in [0.15, 0.2) is 30.6 Å². The Hall–Kier alpha value is -1.27. The Labute approximate surface area is 120 Å². The van der Waals surface area contributed by atoms with E-state index in [-0.39, 0.29) is 18.3 Å². The van der Waals surface area contributed by atoms with Crippen molar-refractivity contribution in [3.05, 3.63) is 40.9 Å². The molecule has 0 aliphatic heterocycles. The average molecular weight is 302 g/mol. The van der Waals surface area contributed by atoms with Crippen molar-refractivity contribution in [2.24, 2.45) is 0 Å². The summed E-state index contributed by atoms with van der Waals surface area (Å²) in [7, 11) is 0. The first-order chi connectivity index (χ1) is 9.11. The normalized spacial score (nSPS) is 12.4. The molecule has 1 heterocycles. The fourth-order valence-electron chi connectivity index (χ4n) is 1.53. The molecule has 1 aromatic heterocycles. The molecule has 0 saturated carbocycles. The monoisotopic (exact) mass is 301 g/mol. The van der Waals surface area contributed by atoms with Gasteiger partial charge in [-0.2, -0.15) is 0 Å². The van der Waals surface area contributed by atoms with Gasteiger partial charge in [0.15, 0.2) is 10.3 Å². The highest BCUT2D eigenvalue weighted by Gasteiger charge is 2.07. The largest absolute Gasteiger partial charge is 0.394 e. The Morgan fingerprint density at radius 3 is 2.47 bits per heavy atom. The number of aliphatic hydroxyl groups is 2. The fraction of sp³-hybridized carbons (Fsp3) is 0.250. The number of aliphatic hydroxyl groups excluding tert-OH is 2. The highest BCUT2D eigenvalue weighted by molar-refractivity contribution is 6.40. The van der Waals surface area contributed by atoms with E-state index in [1.165, 1.54) is 0 Å². The predicted molar refractivity (Wildman–Crippen MR) is 75.2 cm³/mol. The van der Waals surface area contributed by atoms with Crippen LogP contribution in [0.4, 0.5) is 5.69 Å². The number of hydrogen-bond donors (Lipinski definition) is 3. The van der Waals surface area contributed by atoms with Crippen molar-refractivity contribution in [3.8, 4) is 5.69 Å². The molecule has 0 aliphatic rings. The molecule has 0 saturated heterocycles. The lowest BCUT2D eigenvalue weighted by Gasteiger charge is -2.11. The van der Waals surface area contributed by atoms with E-state index >= 15 is 0 Å². The number of rotatable bonds is 5. The average Bonchev–Trinajstić information content (AvgIpc) is 2.77. The highest BCUT2D eigenvalue weighted by atomic mass is 35.5. The lowest BCUT2D eigenvalue weighted by Crippen LogP contribution is -2.22. The van der Waals surface area contributed by atoms with Crippen molar-refractivity contribution >= 4 is 28.9 Å². The van der Waals surface area contributed by atoms with Crippen LogP contribution in [-0.4, -0.2) is 39.0 Å². The van der Waals surface area contributed by atoms with Gasteiger partial charge >= 0.3 is 0 Å². The Balaban J connectivity index is 2.08. The van der Waals surface area contributed by atoms with Crippen LogP contribution >= 0.6 is 23.2 Å². The van der Waals surface area contributed by atoms with Crippen LogP contribution in [0.1, 0.15) is 0 Å². The minimum atomic E-state index is -0.776. The number of benzene rings is 1. The van der Waals surface area contributed by atoms with Crippen molar-refractivity contribution in [2.75, 3.05) is 18.5 Å². The molecule has 2 aromatic rings. The summed E-state index contributed by atoms with van der Waals surface area (Å²) in [6.45, 7) is 0.0156.